The zero-order valence-electron chi connectivity index (χ0n) is 7.93. The van der Waals surface area contributed by atoms with Crippen LogP contribution in [0.25, 0.3) is 0 Å². The molecule has 2 unspecified atom stereocenters. The van der Waals surface area contributed by atoms with E-state index in [0.717, 1.165) is 6.42 Å². The van der Waals surface area contributed by atoms with E-state index in [1.54, 1.807) is 0 Å². The maximum atomic E-state index is 9.06. The van der Waals surface area contributed by atoms with E-state index in [9.17, 15) is 0 Å². The second-order valence-electron chi connectivity index (χ2n) is 3.73. The number of hydrogen-bond donors (Lipinski definition) is 1. The lowest BCUT2D eigenvalue weighted by atomic mass is 9.81. The predicted molar refractivity (Wildman–Crippen MR) is 49.5 cm³/mol. The molecule has 0 spiro atoms. The van der Waals surface area contributed by atoms with Crippen molar-refractivity contribution in [2.24, 2.45) is 11.3 Å². The molecule has 0 rings (SSSR count). The van der Waals surface area contributed by atoms with Crippen molar-refractivity contribution < 1.29 is 5.11 Å². The molecule has 0 aromatic rings. The van der Waals surface area contributed by atoms with Crippen LogP contribution in [0.15, 0.2) is 12.7 Å². The van der Waals surface area contributed by atoms with Crippen molar-refractivity contribution in [1.29, 1.82) is 0 Å². The average Bonchev–Trinajstić information content (AvgIpc) is 2.04. The molecule has 0 aromatic carbocycles. The third kappa shape index (κ3) is 3.57. The molecule has 0 aliphatic heterocycles. The Labute approximate surface area is 70.1 Å². The second-order valence-corrected chi connectivity index (χ2v) is 3.73. The van der Waals surface area contributed by atoms with Crippen molar-refractivity contribution in [2.45, 2.75) is 33.6 Å². The molecule has 0 aliphatic rings. The number of aliphatic hydroxyl groups excluding tert-OH is 1. The Kier molecular flexibility index (Phi) is 4.43. The van der Waals surface area contributed by atoms with Gasteiger partial charge in [0.05, 0.1) is 6.61 Å². The zero-order chi connectivity index (χ0) is 8.91. The Balaban J connectivity index is 3.96. The van der Waals surface area contributed by atoms with Crippen molar-refractivity contribution in [2.75, 3.05) is 6.61 Å². The highest BCUT2D eigenvalue weighted by Gasteiger charge is 2.20. The normalized spacial score (nSPS) is 18.9. The maximum absolute atomic E-state index is 9.06. The SMILES string of the molecule is C=CC(C)(CO)CC(C)CC. The Hall–Kier alpha value is -0.300. The summed E-state index contributed by atoms with van der Waals surface area (Å²) in [5, 5.41) is 9.06. The highest BCUT2D eigenvalue weighted by Crippen LogP contribution is 2.27. The molecule has 0 bridgehead atoms. The second kappa shape index (κ2) is 4.55. The molecule has 0 radical (unpaired) electrons. The highest BCUT2D eigenvalue weighted by molar-refractivity contribution is 4.91. The third-order valence-corrected chi connectivity index (χ3v) is 2.37. The molecule has 2 atom stereocenters. The summed E-state index contributed by atoms with van der Waals surface area (Å²) in [6.07, 6.45) is 4.06. The molecular weight excluding hydrogens is 136 g/mol. The number of rotatable bonds is 5. The Morgan fingerprint density at radius 1 is 1.64 bits per heavy atom. The fourth-order valence-corrected chi connectivity index (χ4v) is 1.15. The molecule has 0 amide bonds. The largest absolute Gasteiger partial charge is 0.395 e. The summed E-state index contributed by atoms with van der Waals surface area (Å²) in [4.78, 5) is 0. The highest BCUT2D eigenvalue weighted by atomic mass is 16.3. The Morgan fingerprint density at radius 2 is 2.18 bits per heavy atom. The topological polar surface area (TPSA) is 20.2 Å². The van der Waals surface area contributed by atoms with E-state index in [2.05, 4.69) is 20.4 Å². The van der Waals surface area contributed by atoms with Crippen LogP contribution in [0, 0.1) is 11.3 Å². The lowest BCUT2D eigenvalue weighted by molar-refractivity contribution is 0.157. The van der Waals surface area contributed by atoms with Crippen LogP contribution in [0.3, 0.4) is 0 Å². The minimum absolute atomic E-state index is 0.0740. The summed E-state index contributed by atoms with van der Waals surface area (Å²) < 4.78 is 0. The van der Waals surface area contributed by atoms with Crippen molar-refractivity contribution in [3.8, 4) is 0 Å². The van der Waals surface area contributed by atoms with Crippen LogP contribution in [0.5, 0.6) is 0 Å². The number of hydrogen-bond acceptors (Lipinski definition) is 1. The molecule has 0 saturated carbocycles. The van der Waals surface area contributed by atoms with E-state index in [1.165, 1.54) is 6.42 Å². The van der Waals surface area contributed by atoms with E-state index in [-0.39, 0.29) is 12.0 Å². The quantitative estimate of drug-likeness (QED) is 0.607. The summed E-state index contributed by atoms with van der Waals surface area (Å²) in [5.74, 6) is 0.671. The van der Waals surface area contributed by atoms with Crippen molar-refractivity contribution in [1.82, 2.24) is 0 Å². The van der Waals surface area contributed by atoms with Gasteiger partial charge in [-0.3, -0.25) is 0 Å². The van der Waals surface area contributed by atoms with E-state index in [0.29, 0.717) is 5.92 Å². The van der Waals surface area contributed by atoms with E-state index >= 15 is 0 Å². The molecule has 1 N–H and O–H groups in total. The van der Waals surface area contributed by atoms with Gasteiger partial charge in [0, 0.05) is 5.41 Å². The lowest BCUT2D eigenvalue weighted by Gasteiger charge is -2.25. The Bertz CT molecular complexity index is 120. The fourth-order valence-electron chi connectivity index (χ4n) is 1.15. The lowest BCUT2D eigenvalue weighted by Crippen LogP contribution is -2.21. The molecule has 0 aliphatic carbocycles. The predicted octanol–water partition coefficient (Wildman–Crippen LogP) is 2.61. The van der Waals surface area contributed by atoms with Gasteiger partial charge in [0.2, 0.25) is 0 Å². The summed E-state index contributed by atoms with van der Waals surface area (Å²) >= 11 is 0. The van der Waals surface area contributed by atoms with Gasteiger partial charge < -0.3 is 5.11 Å². The van der Waals surface area contributed by atoms with Gasteiger partial charge in [0.1, 0.15) is 0 Å². The van der Waals surface area contributed by atoms with Gasteiger partial charge in [-0.2, -0.15) is 0 Å². The van der Waals surface area contributed by atoms with Crippen molar-refractivity contribution in [3.63, 3.8) is 0 Å². The molecule has 1 nitrogen and oxygen atoms in total. The van der Waals surface area contributed by atoms with Gasteiger partial charge in [-0.05, 0) is 12.3 Å². The van der Waals surface area contributed by atoms with Gasteiger partial charge in [-0.25, -0.2) is 0 Å². The van der Waals surface area contributed by atoms with Gasteiger partial charge in [0.15, 0.2) is 0 Å². The average molecular weight is 156 g/mol. The smallest absolute Gasteiger partial charge is 0.0519 e. The van der Waals surface area contributed by atoms with Crippen LogP contribution in [-0.2, 0) is 0 Å². The van der Waals surface area contributed by atoms with Crippen molar-refractivity contribution >= 4 is 0 Å². The fraction of sp³-hybridized carbons (Fsp3) is 0.800. The summed E-state index contributed by atoms with van der Waals surface area (Å²) in [7, 11) is 0. The van der Waals surface area contributed by atoms with Crippen LogP contribution in [0.4, 0.5) is 0 Å². The van der Waals surface area contributed by atoms with Gasteiger partial charge >= 0.3 is 0 Å². The first kappa shape index (κ1) is 10.7. The van der Waals surface area contributed by atoms with Crippen LogP contribution in [0.1, 0.15) is 33.6 Å². The van der Waals surface area contributed by atoms with Crippen LogP contribution in [0.2, 0.25) is 0 Å². The van der Waals surface area contributed by atoms with Crippen LogP contribution < -0.4 is 0 Å². The Morgan fingerprint density at radius 3 is 2.45 bits per heavy atom. The molecule has 1 heteroatoms. The van der Waals surface area contributed by atoms with Gasteiger partial charge in [0.25, 0.3) is 0 Å². The first-order chi connectivity index (χ1) is 5.08. The number of aliphatic hydroxyl groups is 1. The van der Waals surface area contributed by atoms with E-state index < -0.39 is 0 Å². The molecule has 0 saturated heterocycles. The monoisotopic (exact) mass is 156 g/mol. The van der Waals surface area contributed by atoms with Crippen LogP contribution >= 0.6 is 0 Å². The van der Waals surface area contributed by atoms with Crippen LogP contribution in [-0.4, -0.2) is 11.7 Å². The first-order valence-corrected chi connectivity index (χ1v) is 4.32. The molecule has 11 heavy (non-hydrogen) atoms. The van der Waals surface area contributed by atoms with E-state index in [1.807, 2.05) is 13.0 Å². The molecule has 0 heterocycles. The zero-order valence-corrected chi connectivity index (χ0v) is 7.93. The summed E-state index contributed by atoms with van der Waals surface area (Å²) in [6, 6.07) is 0. The molecular formula is C10H20O. The summed E-state index contributed by atoms with van der Waals surface area (Å²) in [5.41, 5.74) is -0.0740. The van der Waals surface area contributed by atoms with Crippen molar-refractivity contribution in [3.05, 3.63) is 12.7 Å². The minimum atomic E-state index is -0.0740. The first-order valence-electron chi connectivity index (χ1n) is 4.32. The molecule has 66 valence electrons. The van der Waals surface area contributed by atoms with Gasteiger partial charge in [-0.15, -0.1) is 6.58 Å². The van der Waals surface area contributed by atoms with Gasteiger partial charge in [-0.1, -0.05) is 33.3 Å². The third-order valence-electron chi connectivity index (χ3n) is 2.37. The maximum Gasteiger partial charge on any atom is 0.0519 e. The molecule has 0 fully saturated rings. The molecule has 0 aromatic heterocycles. The summed E-state index contributed by atoms with van der Waals surface area (Å²) in [6.45, 7) is 10.4. The van der Waals surface area contributed by atoms with E-state index in [4.69, 9.17) is 5.11 Å². The minimum Gasteiger partial charge on any atom is -0.395 e. The standard InChI is InChI=1S/C10H20O/c1-5-9(3)7-10(4,6-2)8-11/h6,9,11H,2,5,7-8H2,1,3-4H3.